The van der Waals surface area contributed by atoms with Crippen LogP contribution < -0.4 is 5.32 Å². The van der Waals surface area contributed by atoms with Crippen molar-refractivity contribution < 1.29 is 4.79 Å². The number of rotatable bonds is 3. The van der Waals surface area contributed by atoms with Crippen LogP contribution in [0.25, 0.3) is 0 Å². The average Bonchev–Trinajstić information content (AvgIpc) is 2.82. The van der Waals surface area contributed by atoms with Crippen molar-refractivity contribution >= 4 is 5.91 Å². The Morgan fingerprint density at radius 2 is 2.00 bits per heavy atom. The summed E-state index contributed by atoms with van der Waals surface area (Å²) >= 11 is 0. The molecule has 4 heteroatoms. The summed E-state index contributed by atoms with van der Waals surface area (Å²) < 4.78 is 0. The van der Waals surface area contributed by atoms with E-state index in [0.717, 1.165) is 58.2 Å². The molecule has 2 saturated heterocycles. The molecule has 0 aromatic heterocycles. The minimum Gasteiger partial charge on any atom is -0.340 e. The number of nitrogens with zero attached hydrogens (tertiary/aromatic N) is 2. The third-order valence-corrected chi connectivity index (χ3v) is 3.72. The van der Waals surface area contributed by atoms with Crippen molar-refractivity contribution in [3.05, 3.63) is 0 Å². The van der Waals surface area contributed by atoms with Crippen LogP contribution in [0.15, 0.2) is 0 Å². The molecule has 98 valence electrons. The molecule has 2 rings (SSSR count). The van der Waals surface area contributed by atoms with E-state index in [4.69, 9.17) is 0 Å². The van der Waals surface area contributed by atoms with Crippen molar-refractivity contribution in [2.75, 3.05) is 45.8 Å². The molecular formula is C13H25N3O. The fourth-order valence-corrected chi connectivity index (χ4v) is 2.79. The van der Waals surface area contributed by atoms with Crippen molar-refractivity contribution in [1.29, 1.82) is 0 Å². The van der Waals surface area contributed by atoms with Crippen LogP contribution in [0.2, 0.25) is 0 Å². The highest BCUT2D eigenvalue weighted by Gasteiger charge is 2.29. The number of piperazine rings is 1. The normalized spacial score (nSPS) is 26.8. The van der Waals surface area contributed by atoms with E-state index in [1.165, 1.54) is 0 Å². The predicted octanol–water partition coefficient (Wildman–Crippen LogP) is 0.396. The molecule has 2 heterocycles. The van der Waals surface area contributed by atoms with Gasteiger partial charge in [-0.2, -0.15) is 0 Å². The SMILES string of the molecule is CC(C)CN1CCN(C(=O)C2CCNC2)CC1. The number of hydrogen-bond donors (Lipinski definition) is 1. The van der Waals surface area contributed by atoms with Gasteiger partial charge in [0.25, 0.3) is 0 Å². The van der Waals surface area contributed by atoms with Crippen LogP contribution in [-0.4, -0.2) is 61.5 Å². The Balaban J connectivity index is 1.76. The number of amides is 1. The second-order valence-corrected chi connectivity index (χ2v) is 5.71. The van der Waals surface area contributed by atoms with Crippen LogP contribution in [0, 0.1) is 11.8 Å². The Kier molecular flexibility index (Phi) is 4.40. The van der Waals surface area contributed by atoms with Gasteiger partial charge in [-0.3, -0.25) is 9.69 Å². The second-order valence-electron chi connectivity index (χ2n) is 5.71. The zero-order chi connectivity index (χ0) is 12.3. The Morgan fingerprint density at radius 3 is 2.53 bits per heavy atom. The first-order chi connectivity index (χ1) is 8.16. The third kappa shape index (κ3) is 3.42. The van der Waals surface area contributed by atoms with Gasteiger partial charge in [-0.25, -0.2) is 0 Å². The smallest absolute Gasteiger partial charge is 0.227 e. The topological polar surface area (TPSA) is 35.6 Å². The Bertz CT molecular complexity index is 253. The molecule has 0 aliphatic carbocycles. The molecule has 0 bridgehead atoms. The lowest BCUT2D eigenvalue weighted by molar-refractivity contribution is -0.136. The summed E-state index contributed by atoms with van der Waals surface area (Å²) in [4.78, 5) is 16.7. The quantitative estimate of drug-likeness (QED) is 0.774. The number of carbonyl (C=O) groups excluding carboxylic acids is 1. The van der Waals surface area contributed by atoms with Gasteiger partial charge in [-0.05, 0) is 18.9 Å². The number of hydrogen-bond acceptors (Lipinski definition) is 3. The summed E-state index contributed by atoms with van der Waals surface area (Å²) in [6, 6.07) is 0. The molecule has 2 aliphatic rings. The van der Waals surface area contributed by atoms with E-state index in [2.05, 4.69) is 29.0 Å². The molecule has 0 aromatic carbocycles. The molecule has 1 unspecified atom stereocenters. The molecule has 0 aromatic rings. The Morgan fingerprint density at radius 1 is 1.29 bits per heavy atom. The maximum atomic E-state index is 12.2. The van der Waals surface area contributed by atoms with Gasteiger partial charge in [0.15, 0.2) is 0 Å². The summed E-state index contributed by atoms with van der Waals surface area (Å²) in [5.41, 5.74) is 0. The molecule has 1 atom stereocenters. The maximum absolute atomic E-state index is 12.2. The van der Waals surface area contributed by atoms with Crippen LogP contribution in [0.1, 0.15) is 20.3 Å². The molecule has 0 spiro atoms. The molecule has 2 aliphatic heterocycles. The predicted molar refractivity (Wildman–Crippen MR) is 68.8 cm³/mol. The first-order valence-corrected chi connectivity index (χ1v) is 6.88. The summed E-state index contributed by atoms with van der Waals surface area (Å²) in [5.74, 6) is 1.34. The molecule has 2 fully saturated rings. The van der Waals surface area contributed by atoms with E-state index in [9.17, 15) is 4.79 Å². The molecule has 1 N–H and O–H groups in total. The summed E-state index contributed by atoms with van der Waals surface area (Å²) in [6.45, 7) is 11.5. The molecule has 0 saturated carbocycles. The molecular weight excluding hydrogens is 214 g/mol. The van der Waals surface area contributed by atoms with Crippen molar-refractivity contribution in [3.8, 4) is 0 Å². The number of carbonyl (C=O) groups is 1. The molecule has 1 amide bonds. The average molecular weight is 239 g/mol. The third-order valence-electron chi connectivity index (χ3n) is 3.72. The van der Waals surface area contributed by atoms with Gasteiger partial charge < -0.3 is 10.2 Å². The van der Waals surface area contributed by atoms with Gasteiger partial charge >= 0.3 is 0 Å². The minimum atomic E-state index is 0.242. The maximum Gasteiger partial charge on any atom is 0.227 e. The largest absolute Gasteiger partial charge is 0.340 e. The van der Waals surface area contributed by atoms with Gasteiger partial charge in [0, 0.05) is 39.3 Å². The van der Waals surface area contributed by atoms with E-state index >= 15 is 0 Å². The van der Waals surface area contributed by atoms with Crippen LogP contribution in [-0.2, 0) is 4.79 Å². The lowest BCUT2D eigenvalue weighted by Crippen LogP contribution is -2.51. The highest BCUT2D eigenvalue weighted by Crippen LogP contribution is 2.14. The first-order valence-electron chi connectivity index (χ1n) is 6.88. The van der Waals surface area contributed by atoms with E-state index in [-0.39, 0.29) is 5.92 Å². The summed E-state index contributed by atoms with van der Waals surface area (Å²) in [7, 11) is 0. The van der Waals surface area contributed by atoms with Crippen molar-refractivity contribution in [1.82, 2.24) is 15.1 Å². The van der Waals surface area contributed by atoms with E-state index < -0.39 is 0 Å². The fraction of sp³-hybridized carbons (Fsp3) is 0.923. The zero-order valence-corrected chi connectivity index (χ0v) is 11.1. The molecule has 17 heavy (non-hydrogen) atoms. The minimum absolute atomic E-state index is 0.242. The second kappa shape index (κ2) is 5.83. The fourth-order valence-electron chi connectivity index (χ4n) is 2.79. The monoisotopic (exact) mass is 239 g/mol. The standard InChI is InChI=1S/C13H25N3O/c1-11(2)10-15-5-7-16(8-6-15)13(17)12-3-4-14-9-12/h11-12,14H,3-10H2,1-2H3. The van der Waals surface area contributed by atoms with Crippen LogP contribution in [0.4, 0.5) is 0 Å². The van der Waals surface area contributed by atoms with Gasteiger partial charge in [-0.1, -0.05) is 13.8 Å². The highest BCUT2D eigenvalue weighted by atomic mass is 16.2. The molecule has 4 nitrogen and oxygen atoms in total. The Hall–Kier alpha value is -0.610. The van der Waals surface area contributed by atoms with Gasteiger partial charge in [0.1, 0.15) is 0 Å². The summed E-state index contributed by atoms with van der Waals surface area (Å²) in [5, 5.41) is 3.27. The first kappa shape index (κ1) is 12.8. The van der Waals surface area contributed by atoms with E-state index in [0.29, 0.717) is 5.91 Å². The number of nitrogens with one attached hydrogen (secondary N) is 1. The van der Waals surface area contributed by atoms with Crippen LogP contribution in [0.5, 0.6) is 0 Å². The lowest BCUT2D eigenvalue weighted by atomic mass is 10.1. The van der Waals surface area contributed by atoms with E-state index in [1.807, 2.05) is 0 Å². The Labute approximate surface area is 104 Å². The van der Waals surface area contributed by atoms with Gasteiger partial charge in [0.2, 0.25) is 5.91 Å². The van der Waals surface area contributed by atoms with Crippen molar-refractivity contribution in [3.63, 3.8) is 0 Å². The lowest BCUT2D eigenvalue weighted by Gasteiger charge is -2.36. The van der Waals surface area contributed by atoms with Crippen molar-refractivity contribution in [2.24, 2.45) is 11.8 Å². The zero-order valence-electron chi connectivity index (χ0n) is 11.1. The van der Waals surface area contributed by atoms with Crippen molar-refractivity contribution in [2.45, 2.75) is 20.3 Å². The molecule has 0 radical (unpaired) electrons. The van der Waals surface area contributed by atoms with E-state index in [1.54, 1.807) is 0 Å². The summed E-state index contributed by atoms with van der Waals surface area (Å²) in [6.07, 6.45) is 1.02. The highest BCUT2D eigenvalue weighted by molar-refractivity contribution is 5.79. The van der Waals surface area contributed by atoms with Gasteiger partial charge in [-0.15, -0.1) is 0 Å². The van der Waals surface area contributed by atoms with Gasteiger partial charge in [0.05, 0.1) is 5.92 Å². The van der Waals surface area contributed by atoms with Crippen LogP contribution in [0.3, 0.4) is 0 Å². The van der Waals surface area contributed by atoms with Crippen LogP contribution >= 0.6 is 0 Å².